The molecule has 2 heterocycles. The maximum atomic E-state index is 12.8. The second kappa shape index (κ2) is 17.3. The van der Waals surface area contributed by atoms with Gasteiger partial charge in [0.05, 0.1) is 26.7 Å². The first-order valence-corrected chi connectivity index (χ1v) is 20.3. The lowest BCUT2D eigenvalue weighted by Gasteiger charge is -2.13. The largest absolute Gasteiger partial charge is 0.508 e. The molecule has 2 aliphatic heterocycles. The van der Waals surface area contributed by atoms with Crippen molar-refractivity contribution in [3.05, 3.63) is 102 Å². The number of rotatable bonds is 9. The normalized spacial score (nSPS) is 17.5. The topological polar surface area (TPSA) is 122 Å². The summed E-state index contributed by atoms with van der Waals surface area (Å²) in [7, 11) is -5.62. The van der Waals surface area contributed by atoms with Crippen molar-refractivity contribution in [1.29, 1.82) is 0 Å². The van der Waals surface area contributed by atoms with Gasteiger partial charge in [0, 0.05) is 23.9 Å². The van der Waals surface area contributed by atoms with E-state index in [0.717, 1.165) is 55.2 Å². The lowest BCUT2D eigenvalue weighted by molar-refractivity contribution is 0.413. The highest BCUT2D eigenvalue weighted by Crippen LogP contribution is 2.34. The first kappa shape index (κ1) is 37.5. The number of phenolic OH excluding ortho intramolecular Hbond substituents is 1. The van der Waals surface area contributed by atoms with E-state index in [9.17, 15) is 21.9 Å². The summed E-state index contributed by atoms with van der Waals surface area (Å²) < 4.78 is 56.1. The first-order valence-electron chi connectivity index (χ1n) is 16.3. The molecule has 0 amide bonds. The van der Waals surface area contributed by atoms with Gasteiger partial charge in [-0.2, -0.15) is 0 Å². The van der Waals surface area contributed by atoms with Crippen molar-refractivity contribution in [3.8, 4) is 11.5 Å². The summed E-state index contributed by atoms with van der Waals surface area (Å²) in [5.74, 6) is 2.20. The van der Waals surface area contributed by atoms with E-state index in [2.05, 4.69) is 10.6 Å². The minimum Gasteiger partial charge on any atom is -0.508 e. The van der Waals surface area contributed by atoms with Crippen LogP contribution in [0, 0.1) is 0 Å². The molecule has 4 aromatic rings. The Morgan fingerprint density at radius 3 is 1.88 bits per heavy atom. The molecule has 0 bridgehead atoms. The minimum absolute atomic E-state index is 0.0591. The van der Waals surface area contributed by atoms with Gasteiger partial charge in [-0.05, 0) is 109 Å². The fourth-order valence-corrected chi connectivity index (χ4v) is 9.17. The highest BCUT2D eigenvalue weighted by molar-refractivity contribution is 7.99. The van der Waals surface area contributed by atoms with Crippen LogP contribution in [0.25, 0.3) is 0 Å². The predicted molar refractivity (Wildman–Crippen MR) is 193 cm³/mol. The van der Waals surface area contributed by atoms with Crippen molar-refractivity contribution < 1.29 is 26.7 Å². The van der Waals surface area contributed by atoms with Crippen molar-refractivity contribution in [2.24, 2.45) is 0 Å². The standard InChI is InChI=1S/C18H21NO3S2.C17H19NO3S.C2H6/c1-2-23-14-4-3-5-15(10-14)24(21,22)16-6-7-17(18(20)11-16)13-8-9-19-12-13;1-21-15-3-2-4-17(11-15)22(19,20)16-7-5-13(6-8-16)14-9-10-18-12-14;1-2/h3-7,10-11,13,19-20H,2,8-9,12H2,1H3;2-8,11,14,18H,9-10,12H2,1H3;1-2H3. The molecule has 0 saturated carbocycles. The summed E-state index contributed by atoms with van der Waals surface area (Å²) in [4.78, 5) is 1.89. The van der Waals surface area contributed by atoms with E-state index in [1.807, 2.05) is 39.0 Å². The molecule has 2 fully saturated rings. The minimum atomic E-state index is -3.63. The maximum Gasteiger partial charge on any atom is 0.206 e. The summed E-state index contributed by atoms with van der Waals surface area (Å²) >= 11 is 1.60. The quantitative estimate of drug-likeness (QED) is 0.157. The van der Waals surface area contributed by atoms with Gasteiger partial charge in [0.2, 0.25) is 19.7 Å². The van der Waals surface area contributed by atoms with Crippen LogP contribution >= 0.6 is 11.8 Å². The van der Waals surface area contributed by atoms with E-state index in [4.69, 9.17) is 4.74 Å². The fourth-order valence-electron chi connectivity index (χ4n) is 5.75. The van der Waals surface area contributed by atoms with Crippen LogP contribution in [0.1, 0.15) is 56.6 Å². The molecule has 0 spiro atoms. The Morgan fingerprint density at radius 1 is 0.729 bits per heavy atom. The molecule has 2 saturated heterocycles. The van der Waals surface area contributed by atoms with Gasteiger partial charge in [0.15, 0.2) is 0 Å². The van der Waals surface area contributed by atoms with Crippen molar-refractivity contribution in [1.82, 2.24) is 10.6 Å². The molecule has 4 aromatic carbocycles. The molecular formula is C37H46N2O6S3. The van der Waals surface area contributed by atoms with Crippen LogP contribution in [0.5, 0.6) is 11.5 Å². The molecule has 2 aliphatic rings. The molecule has 0 aromatic heterocycles. The van der Waals surface area contributed by atoms with Gasteiger partial charge in [-0.15, -0.1) is 11.8 Å². The molecule has 48 heavy (non-hydrogen) atoms. The molecule has 258 valence electrons. The van der Waals surface area contributed by atoms with Crippen molar-refractivity contribution in [2.45, 2.75) is 69.9 Å². The van der Waals surface area contributed by atoms with E-state index >= 15 is 0 Å². The zero-order valence-electron chi connectivity index (χ0n) is 28.0. The zero-order valence-corrected chi connectivity index (χ0v) is 30.4. The number of phenols is 1. The van der Waals surface area contributed by atoms with E-state index in [1.165, 1.54) is 18.7 Å². The summed E-state index contributed by atoms with van der Waals surface area (Å²) in [6.07, 6.45) is 2.05. The number of aromatic hydroxyl groups is 1. The van der Waals surface area contributed by atoms with Gasteiger partial charge in [-0.3, -0.25) is 0 Å². The third-order valence-corrected chi connectivity index (χ3v) is 12.7. The van der Waals surface area contributed by atoms with Gasteiger partial charge in [-0.1, -0.05) is 51.1 Å². The van der Waals surface area contributed by atoms with Gasteiger partial charge < -0.3 is 20.5 Å². The summed E-state index contributed by atoms with van der Waals surface area (Å²) in [6.45, 7) is 9.75. The number of hydrogen-bond acceptors (Lipinski definition) is 9. The van der Waals surface area contributed by atoms with Crippen LogP contribution in [0.2, 0.25) is 0 Å². The Kier molecular flexibility index (Phi) is 13.5. The lowest BCUT2D eigenvalue weighted by Crippen LogP contribution is -2.08. The number of sulfone groups is 2. The average Bonchev–Trinajstić information content (AvgIpc) is 3.86. The molecular weight excluding hydrogens is 665 g/mol. The molecule has 2 atom stereocenters. The number of benzene rings is 4. The van der Waals surface area contributed by atoms with E-state index in [1.54, 1.807) is 78.5 Å². The Hall–Kier alpha value is -3.35. The molecule has 0 radical (unpaired) electrons. The van der Waals surface area contributed by atoms with Gasteiger partial charge >= 0.3 is 0 Å². The van der Waals surface area contributed by atoms with Crippen molar-refractivity contribution in [2.75, 3.05) is 39.0 Å². The summed E-state index contributed by atoms with van der Waals surface area (Å²) in [6, 6.07) is 25.5. The van der Waals surface area contributed by atoms with Gasteiger partial charge in [0.25, 0.3) is 0 Å². The number of hydrogen-bond donors (Lipinski definition) is 3. The van der Waals surface area contributed by atoms with E-state index in [-0.39, 0.29) is 26.4 Å². The molecule has 8 nitrogen and oxygen atoms in total. The molecule has 0 aliphatic carbocycles. The average molecular weight is 711 g/mol. The number of nitrogens with one attached hydrogen (secondary N) is 2. The summed E-state index contributed by atoms with van der Waals surface area (Å²) in [5, 5.41) is 16.9. The third kappa shape index (κ3) is 9.00. The Balaban J connectivity index is 0.000000207. The Bertz CT molecular complexity index is 1850. The lowest BCUT2D eigenvalue weighted by atomic mass is 9.98. The van der Waals surface area contributed by atoms with Crippen LogP contribution in [0.15, 0.2) is 115 Å². The van der Waals surface area contributed by atoms with Crippen molar-refractivity contribution >= 4 is 31.4 Å². The van der Waals surface area contributed by atoms with E-state index in [0.29, 0.717) is 16.6 Å². The molecule has 2 unspecified atom stereocenters. The van der Waals surface area contributed by atoms with Gasteiger partial charge in [0.1, 0.15) is 11.5 Å². The van der Waals surface area contributed by atoms with Gasteiger partial charge in [-0.25, -0.2) is 16.8 Å². The Labute approximate surface area is 290 Å². The highest BCUT2D eigenvalue weighted by atomic mass is 32.2. The number of thioether (sulfide) groups is 1. The smallest absolute Gasteiger partial charge is 0.206 e. The van der Waals surface area contributed by atoms with Crippen LogP contribution in [-0.4, -0.2) is 61.0 Å². The van der Waals surface area contributed by atoms with E-state index < -0.39 is 19.7 Å². The van der Waals surface area contributed by atoms with Crippen LogP contribution in [-0.2, 0) is 19.7 Å². The monoisotopic (exact) mass is 710 g/mol. The second-order valence-electron chi connectivity index (χ2n) is 11.3. The van der Waals surface area contributed by atoms with Crippen LogP contribution in [0.4, 0.5) is 0 Å². The maximum absolute atomic E-state index is 12.8. The predicted octanol–water partition coefficient (Wildman–Crippen LogP) is 7.05. The molecule has 3 N–H and O–H groups in total. The third-order valence-electron chi connectivity index (χ3n) is 8.31. The Morgan fingerprint density at radius 2 is 1.29 bits per heavy atom. The number of methoxy groups -OCH3 is 1. The highest BCUT2D eigenvalue weighted by Gasteiger charge is 2.24. The fraction of sp³-hybridized carbons (Fsp3) is 0.351. The van der Waals surface area contributed by atoms with Crippen molar-refractivity contribution in [3.63, 3.8) is 0 Å². The first-order chi connectivity index (χ1) is 23.1. The number of ether oxygens (including phenoxy) is 1. The second-order valence-corrected chi connectivity index (χ2v) is 16.5. The molecule has 11 heteroatoms. The van der Waals surface area contributed by atoms with Crippen LogP contribution < -0.4 is 15.4 Å². The zero-order chi connectivity index (χ0) is 34.7. The summed E-state index contributed by atoms with van der Waals surface area (Å²) in [5.41, 5.74) is 2.00. The molecule has 6 rings (SSSR count). The van der Waals surface area contributed by atoms with Crippen LogP contribution in [0.3, 0.4) is 0 Å². The SMILES string of the molecule is CC.CCSc1cccc(S(=O)(=O)c2ccc(C3CCNC3)c(O)c2)c1.COc1cccc(S(=O)(=O)c2ccc(C3CCNC3)cc2)c1.